The number of amides is 3. The minimum atomic E-state index is -0.591. The van der Waals surface area contributed by atoms with Gasteiger partial charge in [0.05, 0.1) is 0 Å². The van der Waals surface area contributed by atoms with Gasteiger partial charge in [-0.3, -0.25) is 19.7 Å². The molecule has 293 valence electrons. The molecule has 3 N–H and O–H groups in total. The molecule has 3 fully saturated rings. The molecule has 4 aromatic carbocycles. The van der Waals surface area contributed by atoms with Gasteiger partial charge >= 0.3 is 7.69 Å². The highest BCUT2D eigenvalue weighted by atomic mass is 16.5. The number of fused-ring (bicyclic) bond motifs is 1. The van der Waals surface area contributed by atoms with Crippen molar-refractivity contribution in [2.75, 3.05) is 42.5 Å². The number of carbonyl (C=O) groups excluding carboxylic acids is 3. The van der Waals surface area contributed by atoms with Gasteiger partial charge < -0.3 is 29.7 Å². The number of carbonyl (C=O) groups is 3. The smallest absolute Gasteiger partial charge is 0.537 e. The quantitative estimate of drug-likeness (QED) is 0.0889. The van der Waals surface area contributed by atoms with Crippen molar-refractivity contribution in [2.45, 2.75) is 70.5 Å². The van der Waals surface area contributed by atoms with E-state index in [4.69, 9.17) is 9.68 Å². The average molecular weight is 765 g/mol. The SMILES string of the molecule is CC/C(=C(/c1ccc(O[B]O)cc1)c1ccc(N2CCC(CNC3CCN(c4ccc5c(c4)CN(C4CCC(=O)NC4=O)C5=O)CC3)CC2)cc1)c1ccccc1. The van der Waals surface area contributed by atoms with Crippen LogP contribution < -0.4 is 25.1 Å². The first-order valence-corrected chi connectivity index (χ1v) is 20.5. The molecule has 0 aromatic heterocycles. The Hall–Kier alpha value is -5.39. The number of nitrogens with zero attached hydrogens (tertiary/aromatic N) is 3. The van der Waals surface area contributed by atoms with Crippen molar-refractivity contribution in [3.05, 3.63) is 125 Å². The van der Waals surface area contributed by atoms with E-state index in [9.17, 15) is 14.4 Å². The van der Waals surface area contributed by atoms with Crippen LogP contribution in [0.15, 0.2) is 97.1 Å². The minimum Gasteiger partial charge on any atom is -0.537 e. The van der Waals surface area contributed by atoms with Crippen molar-refractivity contribution < 1.29 is 24.1 Å². The summed E-state index contributed by atoms with van der Waals surface area (Å²) < 4.78 is 5.19. The molecule has 4 heterocycles. The van der Waals surface area contributed by atoms with E-state index >= 15 is 0 Å². The van der Waals surface area contributed by atoms with Crippen LogP contribution in [0, 0.1) is 5.92 Å². The van der Waals surface area contributed by atoms with Gasteiger partial charge in [-0.25, -0.2) is 0 Å². The molecule has 3 saturated heterocycles. The highest BCUT2D eigenvalue weighted by Crippen LogP contribution is 2.37. The molecule has 0 aliphatic carbocycles. The normalized spacial score (nSPS) is 19.6. The Morgan fingerprint density at radius 1 is 0.789 bits per heavy atom. The van der Waals surface area contributed by atoms with Crippen molar-refractivity contribution in [1.29, 1.82) is 0 Å². The van der Waals surface area contributed by atoms with Crippen molar-refractivity contribution in [3.8, 4) is 5.75 Å². The summed E-state index contributed by atoms with van der Waals surface area (Å²) in [6, 6.07) is 33.5. The molecule has 4 aromatic rings. The number of hydrogen-bond acceptors (Lipinski definition) is 8. The van der Waals surface area contributed by atoms with Crippen LogP contribution in [-0.2, 0) is 16.1 Å². The van der Waals surface area contributed by atoms with Crippen LogP contribution in [-0.4, -0.2) is 80.1 Å². The predicted molar refractivity (Wildman–Crippen MR) is 225 cm³/mol. The molecule has 0 bridgehead atoms. The summed E-state index contributed by atoms with van der Waals surface area (Å²) in [6.07, 6.45) is 5.99. The van der Waals surface area contributed by atoms with Crippen molar-refractivity contribution in [3.63, 3.8) is 0 Å². The molecule has 11 heteroatoms. The summed E-state index contributed by atoms with van der Waals surface area (Å²) in [4.78, 5) is 43.8. The molecule has 8 rings (SSSR count). The van der Waals surface area contributed by atoms with Crippen molar-refractivity contribution >= 4 is 47.9 Å². The third kappa shape index (κ3) is 8.50. The molecule has 3 amide bonds. The number of nitrogens with one attached hydrogen (secondary N) is 2. The lowest BCUT2D eigenvalue weighted by Gasteiger charge is -2.37. The maximum atomic E-state index is 13.1. The van der Waals surface area contributed by atoms with Gasteiger partial charge in [0, 0.05) is 62.1 Å². The maximum Gasteiger partial charge on any atom is 0.569 e. The maximum absolute atomic E-state index is 13.1. The second kappa shape index (κ2) is 17.4. The van der Waals surface area contributed by atoms with E-state index in [-0.39, 0.29) is 24.1 Å². The van der Waals surface area contributed by atoms with E-state index in [0.717, 1.165) is 81.6 Å². The largest absolute Gasteiger partial charge is 0.569 e. The Balaban J connectivity index is 0.829. The zero-order valence-corrected chi connectivity index (χ0v) is 32.7. The summed E-state index contributed by atoms with van der Waals surface area (Å²) in [7, 11) is 0.711. The summed E-state index contributed by atoms with van der Waals surface area (Å²) in [6.45, 7) is 7.66. The third-order valence-corrected chi connectivity index (χ3v) is 12.3. The third-order valence-electron chi connectivity index (χ3n) is 12.3. The lowest BCUT2D eigenvalue weighted by atomic mass is 9.88. The number of anilines is 2. The van der Waals surface area contributed by atoms with Crippen LogP contribution in [0.25, 0.3) is 11.1 Å². The van der Waals surface area contributed by atoms with E-state index in [0.29, 0.717) is 43.9 Å². The molecule has 10 nitrogen and oxygen atoms in total. The Labute approximate surface area is 336 Å². The Morgan fingerprint density at radius 3 is 2.11 bits per heavy atom. The first-order valence-electron chi connectivity index (χ1n) is 20.5. The van der Waals surface area contributed by atoms with E-state index in [1.807, 2.05) is 24.3 Å². The summed E-state index contributed by atoms with van der Waals surface area (Å²) >= 11 is 0. The summed E-state index contributed by atoms with van der Waals surface area (Å²) in [5.74, 6) is 0.474. The number of benzene rings is 4. The molecule has 4 aliphatic rings. The monoisotopic (exact) mass is 764 g/mol. The lowest BCUT2D eigenvalue weighted by molar-refractivity contribution is -0.136. The number of rotatable bonds is 12. The van der Waals surface area contributed by atoms with Gasteiger partial charge in [-0.15, -0.1) is 0 Å². The van der Waals surface area contributed by atoms with E-state index in [1.165, 1.54) is 28.0 Å². The van der Waals surface area contributed by atoms with Crippen molar-refractivity contribution in [2.24, 2.45) is 5.92 Å². The van der Waals surface area contributed by atoms with Gasteiger partial charge in [-0.2, -0.15) is 0 Å². The van der Waals surface area contributed by atoms with E-state index < -0.39 is 6.04 Å². The standard InChI is InChI=1S/C46H51BN5O5/c1-2-40(32-6-4-3-5-7-32)44(34-10-15-39(16-11-34)57-47-56)33-8-12-37(13-9-33)50-24-20-31(21-25-50)29-48-36-22-26-51(27-23-36)38-14-17-41-35(28-38)30-52(46(41)55)42-18-19-43(53)49-45(42)54/h3-17,28,31,36,42,48,56H,2,18-27,29-30H2,1H3,(H,49,53,54)/b44-40-. The Morgan fingerprint density at radius 2 is 1.44 bits per heavy atom. The molecule has 1 atom stereocenters. The van der Waals surface area contributed by atoms with Crippen LogP contribution in [0.5, 0.6) is 5.75 Å². The Kier molecular flexibility index (Phi) is 11.8. The zero-order valence-electron chi connectivity index (χ0n) is 32.7. The molecule has 4 aliphatic heterocycles. The Bertz CT molecular complexity index is 2090. The number of hydrogen-bond donors (Lipinski definition) is 3. The first-order chi connectivity index (χ1) is 27.9. The fourth-order valence-corrected chi connectivity index (χ4v) is 9.11. The van der Waals surface area contributed by atoms with Gasteiger partial charge in [0.1, 0.15) is 11.8 Å². The van der Waals surface area contributed by atoms with Crippen LogP contribution >= 0.6 is 0 Å². The molecule has 1 unspecified atom stereocenters. The summed E-state index contributed by atoms with van der Waals surface area (Å²) in [5.41, 5.74) is 9.98. The lowest BCUT2D eigenvalue weighted by Crippen LogP contribution is -2.52. The van der Waals surface area contributed by atoms with Crippen LogP contribution in [0.1, 0.15) is 84.5 Å². The highest BCUT2D eigenvalue weighted by Gasteiger charge is 2.39. The van der Waals surface area contributed by atoms with Crippen LogP contribution in [0.3, 0.4) is 0 Å². The van der Waals surface area contributed by atoms with Gasteiger partial charge in [-0.05, 0) is 127 Å². The second-order valence-corrected chi connectivity index (χ2v) is 15.7. The molecular weight excluding hydrogens is 713 g/mol. The molecule has 0 spiro atoms. The minimum absolute atomic E-state index is 0.127. The molecular formula is C46H51BN5O5. The van der Waals surface area contributed by atoms with Crippen molar-refractivity contribution in [1.82, 2.24) is 15.5 Å². The van der Waals surface area contributed by atoms with Gasteiger partial charge in [0.15, 0.2) is 0 Å². The average Bonchev–Trinajstić information content (AvgIpc) is 3.58. The van der Waals surface area contributed by atoms with Crippen LogP contribution in [0.2, 0.25) is 0 Å². The van der Waals surface area contributed by atoms with Gasteiger partial charge in [0.25, 0.3) is 5.91 Å². The highest BCUT2D eigenvalue weighted by molar-refractivity contribution is 6.17. The molecule has 1 radical (unpaired) electrons. The predicted octanol–water partition coefficient (Wildman–Crippen LogP) is 6.20. The van der Waals surface area contributed by atoms with Crippen LogP contribution in [0.4, 0.5) is 11.4 Å². The second-order valence-electron chi connectivity index (χ2n) is 15.7. The molecule has 0 saturated carbocycles. The number of piperidine rings is 3. The molecule has 57 heavy (non-hydrogen) atoms. The van der Waals surface area contributed by atoms with Gasteiger partial charge in [-0.1, -0.05) is 61.5 Å². The number of allylic oxidation sites excluding steroid dienone is 1. The first kappa shape index (κ1) is 38.5. The fraction of sp³-hybridized carbons (Fsp3) is 0.370. The number of imide groups is 1. The zero-order chi connectivity index (χ0) is 39.3. The summed E-state index contributed by atoms with van der Waals surface area (Å²) in [5, 5.41) is 15.4. The fourth-order valence-electron chi connectivity index (χ4n) is 9.11. The van der Waals surface area contributed by atoms with Gasteiger partial charge in [0.2, 0.25) is 11.8 Å². The topological polar surface area (TPSA) is 114 Å². The van der Waals surface area contributed by atoms with E-state index in [1.54, 1.807) is 4.90 Å². The van der Waals surface area contributed by atoms with E-state index in [2.05, 4.69) is 100 Å².